The molecule has 0 atom stereocenters. The van der Waals surface area contributed by atoms with Gasteiger partial charge in [-0.25, -0.2) is 31.0 Å². The van der Waals surface area contributed by atoms with Crippen molar-refractivity contribution in [3.05, 3.63) is 72.1 Å². The van der Waals surface area contributed by atoms with Gasteiger partial charge in [-0.1, -0.05) is 36.4 Å². The number of sulfonamides is 1. The van der Waals surface area contributed by atoms with Gasteiger partial charge in [-0.2, -0.15) is 4.37 Å². The molecule has 1 aliphatic rings. The van der Waals surface area contributed by atoms with Gasteiger partial charge in [-0.3, -0.25) is 9.62 Å². The van der Waals surface area contributed by atoms with Crippen LogP contribution < -0.4 is 4.72 Å². The highest BCUT2D eigenvalue weighted by Crippen LogP contribution is 2.29. The summed E-state index contributed by atoms with van der Waals surface area (Å²) in [5.41, 5.74) is -0.0948. The summed E-state index contributed by atoms with van der Waals surface area (Å²) in [4.78, 5) is 4.33. The second-order valence-corrected chi connectivity index (χ2v) is 9.44. The number of likely N-dealkylation sites (tertiary alicyclic amines) is 1. The molecular formula is C20H22F4N4O2S2. The van der Waals surface area contributed by atoms with E-state index in [1.165, 1.54) is 0 Å². The van der Waals surface area contributed by atoms with Crippen LogP contribution >= 0.6 is 11.5 Å². The molecule has 1 saturated heterocycles. The second-order valence-electron chi connectivity index (χ2n) is 7.01. The molecule has 0 bridgehead atoms. The number of nitrogens with one attached hydrogen (secondary N) is 1. The average molecular weight is 491 g/mol. The van der Waals surface area contributed by atoms with Gasteiger partial charge >= 0.3 is 0 Å². The van der Waals surface area contributed by atoms with Crippen molar-refractivity contribution >= 4 is 26.7 Å². The standard InChI is InChI=1S/C14H14F4N4O2S2.C6H6.H2/c15-10-6-12(26(23,24)21-13-19-8-20-25-13)11(16)5-9(10)7-22-3-1-14(17,18)2-4-22;1-2-4-6-5-3-1;/h5-6,8H,1-4,7H2,(H,19,20,21);1-6H;1H. The van der Waals surface area contributed by atoms with Crippen molar-refractivity contribution in [1.82, 2.24) is 14.3 Å². The number of halogens is 4. The Labute approximate surface area is 188 Å². The van der Waals surface area contributed by atoms with Crippen molar-refractivity contribution in [3.8, 4) is 0 Å². The summed E-state index contributed by atoms with van der Waals surface area (Å²) in [6.45, 7) is 0.0163. The van der Waals surface area contributed by atoms with Crippen LogP contribution in [0.15, 0.2) is 59.8 Å². The number of hydrogen-bond acceptors (Lipinski definition) is 6. The van der Waals surface area contributed by atoms with Crippen LogP contribution in [0.25, 0.3) is 0 Å². The van der Waals surface area contributed by atoms with E-state index in [0.717, 1.165) is 23.9 Å². The van der Waals surface area contributed by atoms with Crippen molar-refractivity contribution in [1.29, 1.82) is 0 Å². The number of nitrogens with zero attached hydrogens (tertiary/aromatic N) is 3. The highest BCUT2D eigenvalue weighted by Gasteiger charge is 2.34. The zero-order chi connectivity index (χ0) is 23.2. The van der Waals surface area contributed by atoms with Crippen molar-refractivity contribution in [2.24, 2.45) is 0 Å². The van der Waals surface area contributed by atoms with Gasteiger partial charge in [0, 0.05) is 51.0 Å². The van der Waals surface area contributed by atoms with E-state index in [2.05, 4.69) is 9.36 Å². The lowest BCUT2D eigenvalue weighted by Crippen LogP contribution is -2.39. The molecule has 3 aromatic rings. The zero-order valence-electron chi connectivity index (χ0n) is 16.7. The Morgan fingerprint density at radius 1 is 1.03 bits per heavy atom. The molecule has 1 aliphatic heterocycles. The first-order valence-electron chi connectivity index (χ1n) is 9.54. The van der Waals surface area contributed by atoms with E-state index < -0.39 is 32.5 Å². The van der Waals surface area contributed by atoms with Crippen LogP contribution in [-0.2, 0) is 16.6 Å². The molecule has 0 radical (unpaired) electrons. The third kappa shape index (κ3) is 6.71. The summed E-state index contributed by atoms with van der Waals surface area (Å²) < 4.78 is 84.8. The van der Waals surface area contributed by atoms with E-state index in [9.17, 15) is 26.0 Å². The topological polar surface area (TPSA) is 75.2 Å². The molecule has 1 fully saturated rings. The fourth-order valence-corrected chi connectivity index (χ4v) is 4.68. The van der Waals surface area contributed by atoms with Gasteiger partial charge in [0.15, 0.2) is 0 Å². The first-order chi connectivity index (χ1) is 15.2. The maximum atomic E-state index is 14.3. The Morgan fingerprint density at radius 2 is 1.62 bits per heavy atom. The predicted molar refractivity (Wildman–Crippen MR) is 115 cm³/mol. The number of aromatic nitrogens is 2. The fraction of sp³-hybridized carbons (Fsp3) is 0.300. The lowest BCUT2D eigenvalue weighted by Gasteiger charge is -2.31. The van der Waals surface area contributed by atoms with Gasteiger partial charge in [-0.15, -0.1) is 0 Å². The molecule has 1 aromatic heterocycles. The normalized spacial score (nSPS) is 16.1. The quantitative estimate of drug-likeness (QED) is 0.521. The Hall–Kier alpha value is -2.57. The van der Waals surface area contributed by atoms with Crippen molar-refractivity contribution in [2.45, 2.75) is 30.2 Å². The summed E-state index contributed by atoms with van der Waals surface area (Å²) in [5.74, 6) is -4.81. The number of rotatable bonds is 5. The highest BCUT2D eigenvalue weighted by atomic mass is 32.2. The van der Waals surface area contributed by atoms with E-state index in [-0.39, 0.29) is 44.6 Å². The molecule has 1 N–H and O–H groups in total. The van der Waals surface area contributed by atoms with Crippen LogP contribution in [-0.4, -0.2) is 41.7 Å². The van der Waals surface area contributed by atoms with Crippen LogP contribution in [0.2, 0.25) is 0 Å². The third-order valence-electron chi connectivity index (χ3n) is 4.62. The summed E-state index contributed by atoms with van der Waals surface area (Å²) in [6.07, 6.45) is 0.412. The molecule has 0 spiro atoms. The van der Waals surface area contributed by atoms with Gasteiger partial charge in [0.05, 0.1) is 0 Å². The van der Waals surface area contributed by atoms with E-state index in [1.807, 2.05) is 41.1 Å². The molecule has 0 amide bonds. The van der Waals surface area contributed by atoms with Gasteiger partial charge in [-0.05, 0) is 12.1 Å². The van der Waals surface area contributed by atoms with Gasteiger partial charge < -0.3 is 0 Å². The molecule has 4 rings (SSSR count). The van der Waals surface area contributed by atoms with Gasteiger partial charge in [0.2, 0.25) is 5.13 Å². The van der Waals surface area contributed by atoms with Crippen LogP contribution in [0.3, 0.4) is 0 Å². The molecule has 2 aromatic carbocycles. The highest BCUT2D eigenvalue weighted by molar-refractivity contribution is 7.93. The van der Waals surface area contributed by atoms with Gasteiger partial charge in [0.25, 0.3) is 15.9 Å². The molecule has 174 valence electrons. The maximum Gasteiger partial charge on any atom is 0.266 e. The first-order valence-corrected chi connectivity index (χ1v) is 11.8. The molecule has 6 nitrogen and oxygen atoms in total. The Kier molecular flexibility index (Phi) is 7.80. The average Bonchev–Trinajstić information content (AvgIpc) is 3.26. The largest absolute Gasteiger partial charge is 0.299 e. The molecule has 2 heterocycles. The number of piperidine rings is 1. The molecule has 12 heteroatoms. The second kappa shape index (κ2) is 10.4. The molecular weight excluding hydrogens is 468 g/mol. The summed E-state index contributed by atoms with van der Waals surface area (Å²) in [5, 5.41) is -0.0804. The van der Waals surface area contributed by atoms with Crippen LogP contribution in [0.5, 0.6) is 0 Å². The van der Waals surface area contributed by atoms with Crippen LogP contribution in [0.1, 0.15) is 19.8 Å². The molecule has 32 heavy (non-hydrogen) atoms. The number of alkyl halides is 2. The summed E-state index contributed by atoms with van der Waals surface area (Å²) >= 11 is 0.745. The minimum atomic E-state index is -4.37. The molecule has 0 aliphatic carbocycles. The number of benzene rings is 2. The fourth-order valence-electron chi connectivity index (χ4n) is 2.95. The lowest BCUT2D eigenvalue weighted by atomic mass is 10.1. The smallest absolute Gasteiger partial charge is 0.266 e. The zero-order valence-corrected chi connectivity index (χ0v) is 18.4. The SMILES string of the molecule is O=S(=O)(Nc1ncns1)c1cc(F)c(CN2CCC(F)(F)CC2)cc1F.[HH].c1ccccc1. The van der Waals surface area contributed by atoms with Crippen LogP contribution in [0, 0.1) is 11.6 Å². The van der Waals surface area contributed by atoms with E-state index in [4.69, 9.17) is 0 Å². The summed E-state index contributed by atoms with van der Waals surface area (Å²) in [6, 6.07) is 13.4. The predicted octanol–water partition coefficient (Wildman–Crippen LogP) is 4.78. The van der Waals surface area contributed by atoms with E-state index in [0.29, 0.717) is 6.07 Å². The van der Waals surface area contributed by atoms with Crippen molar-refractivity contribution < 1.29 is 27.4 Å². The summed E-state index contributed by atoms with van der Waals surface area (Å²) in [7, 11) is -4.37. The van der Waals surface area contributed by atoms with E-state index in [1.54, 1.807) is 4.90 Å². The van der Waals surface area contributed by atoms with E-state index >= 15 is 0 Å². The Balaban J connectivity index is 0.000000479. The maximum absolute atomic E-state index is 14.3. The van der Waals surface area contributed by atoms with Crippen molar-refractivity contribution in [3.63, 3.8) is 0 Å². The number of hydrogen-bond donors (Lipinski definition) is 1. The van der Waals surface area contributed by atoms with Crippen molar-refractivity contribution in [2.75, 3.05) is 17.8 Å². The minimum absolute atomic E-state index is 0. The Morgan fingerprint density at radius 3 is 2.16 bits per heavy atom. The molecule has 0 saturated carbocycles. The lowest BCUT2D eigenvalue weighted by molar-refractivity contribution is -0.0568. The first kappa shape index (κ1) is 24.1. The monoisotopic (exact) mass is 490 g/mol. The molecule has 0 unspecified atom stereocenters. The number of anilines is 1. The van der Waals surface area contributed by atoms with Gasteiger partial charge in [0.1, 0.15) is 22.9 Å². The minimum Gasteiger partial charge on any atom is -0.299 e. The third-order valence-corrected chi connectivity index (χ3v) is 6.68. The van der Waals surface area contributed by atoms with Crippen LogP contribution in [0.4, 0.5) is 22.7 Å². The Bertz CT molecular complexity index is 1080.